The normalized spacial score (nSPS) is 34.1. The van der Waals surface area contributed by atoms with Crippen molar-refractivity contribution in [2.75, 3.05) is 0 Å². The number of rotatable bonds is 2. The van der Waals surface area contributed by atoms with Crippen LogP contribution in [0.2, 0.25) is 0 Å². The Balaban J connectivity index is 2.11. The molecule has 3 heteroatoms. The molecule has 1 fully saturated rings. The van der Waals surface area contributed by atoms with Gasteiger partial charge in [-0.2, -0.15) is 0 Å². The fourth-order valence-corrected chi connectivity index (χ4v) is 3.15. The monoisotopic (exact) mass is 272 g/mol. The van der Waals surface area contributed by atoms with Gasteiger partial charge in [-0.15, -0.1) is 0 Å². The minimum absolute atomic E-state index is 0.271. The molecule has 3 rings (SSSR count). The Hall–Kier alpha value is -1.61. The highest BCUT2D eigenvalue weighted by atomic mass is 16.6. The minimum Gasteiger partial charge on any atom is -0.451 e. The van der Waals surface area contributed by atoms with Crippen LogP contribution in [0.1, 0.15) is 39.0 Å². The minimum atomic E-state index is -0.626. The molecule has 0 bridgehead atoms. The number of esters is 1. The zero-order valence-corrected chi connectivity index (χ0v) is 11.8. The van der Waals surface area contributed by atoms with Gasteiger partial charge in [0.1, 0.15) is 0 Å². The van der Waals surface area contributed by atoms with Gasteiger partial charge in [-0.05, 0) is 43.3 Å². The maximum Gasteiger partial charge on any atom is 0.339 e. The quantitative estimate of drug-likeness (QED) is 0.621. The first-order valence-corrected chi connectivity index (χ1v) is 7.41. The molecule has 0 aromatic carbocycles. The second kappa shape index (κ2) is 5.41. The molecule has 1 saturated heterocycles. The van der Waals surface area contributed by atoms with Crippen LogP contribution in [-0.2, 0) is 9.53 Å². The number of cyclic esters (lactones) is 1. The van der Waals surface area contributed by atoms with Crippen molar-refractivity contribution >= 4 is 5.97 Å². The lowest BCUT2D eigenvalue weighted by atomic mass is 9.90. The molecule has 0 aromatic rings. The van der Waals surface area contributed by atoms with Crippen LogP contribution >= 0.6 is 0 Å². The van der Waals surface area contributed by atoms with Gasteiger partial charge in [0.25, 0.3) is 0 Å². The molecule has 2 atom stereocenters. The summed E-state index contributed by atoms with van der Waals surface area (Å²) in [4.78, 5) is 12.3. The molecule has 3 nitrogen and oxygen atoms in total. The van der Waals surface area contributed by atoms with Gasteiger partial charge in [-0.25, -0.2) is 4.79 Å². The summed E-state index contributed by atoms with van der Waals surface area (Å²) in [7, 11) is 0. The Morgan fingerprint density at radius 3 is 2.45 bits per heavy atom. The molecule has 1 aliphatic heterocycles. The van der Waals surface area contributed by atoms with Crippen LogP contribution in [0.4, 0.5) is 0 Å². The molecule has 0 aromatic heterocycles. The zero-order chi connectivity index (χ0) is 14.1. The number of hydrogen-bond acceptors (Lipinski definition) is 3. The molecule has 0 amide bonds. The highest BCUT2D eigenvalue weighted by Crippen LogP contribution is 2.39. The van der Waals surface area contributed by atoms with E-state index in [0.29, 0.717) is 12.0 Å². The van der Waals surface area contributed by atoms with Crippen molar-refractivity contribution in [2.45, 2.75) is 51.2 Å². The standard InChI is InChI=1S/C17H20O3/c1-2-13(18)16-14(11-7-3-4-8-11)15(17(19)20-16)12-9-5-6-10-12/h3,5,7,9,13,16,18H,2,4,6,8,10H2,1H3/b14-11+,15-12+/t13-,16?/m1/s1. The molecular weight excluding hydrogens is 252 g/mol. The van der Waals surface area contributed by atoms with Crippen LogP contribution < -0.4 is 0 Å². The summed E-state index contributed by atoms with van der Waals surface area (Å²) in [5.74, 6) is -0.271. The topological polar surface area (TPSA) is 46.5 Å². The Morgan fingerprint density at radius 2 is 1.90 bits per heavy atom. The predicted octanol–water partition coefficient (Wildman–Crippen LogP) is 2.98. The molecule has 20 heavy (non-hydrogen) atoms. The first-order chi connectivity index (χ1) is 9.72. The van der Waals surface area contributed by atoms with Crippen molar-refractivity contribution in [2.24, 2.45) is 0 Å². The van der Waals surface area contributed by atoms with E-state index in [9.17, 15) is 9.90 Å². The number of aliphatic hydroxyl groups is 1. The highest BCUT2D eigenvalue weighted by Gasteiger charge is 2.41. The fourth-order valence-electron chi connectivity index (χ4n) is 3.15. The van der Waals surface area contributed by atoms with E-state index in [4.69, 9.17) is 4.74 Å². The van der Waals surface area contributed by atoms with Crippen LogP contribution in [0.5, 0.6) is 0 Å². The molecule has 1 N–H and O–H groups in total. The van der Waals surface area contributed by atoms with Crippen LogP contribution in [0.15, 0.2) is 46.6 Å². The number of allylic oxidation sites excluding steroid dienone is 6. The van der Waals surface area contributed by atoms with Crippen molar-refractivity contribution in [3.8, 4) is 0 Å². The van der Waals surface area contributed by atoms with Crippen LogP contribution in [0.3, 0.4) is 0 Å². The number of aliphatic hydroxyl groups excluding tert-OH is 1. The molecule has 0 saturated carbocycles. The van der Waals surface area contributed by atoms with Crippen molar-refractivity contribution in [1.29, 1.82) is 0 Å². The number of hydrogen-bond donors (Lipinski definition) is 1. The lowest BCUT2D eigenvalue weighted by Gasteiger charge is -2.18. The number of carbonyl (C=O) groups excluding carboxylic acids is 1. The molecule has 1 unspecified atom stereocenters. The van der Waals surface area contributed by atoms with Gasteiger partial charge in [0.15, 0.2) is 6.10 Å². The van der Waals surface area contributed by atoms with Crippen molar-refractivity contribution in [3.05, 3.63) is 46.6 Å². The summed E-state index contributed by atoms with van der Waals surface area (Å²) < 4.78 is 5.49. The summed E-state index contributed by atoms with van der Waals surface area (Å²) in [5, 5.41) is 10.2. The summed E-state index contributed by atoms with van der Waals surface area (Å²) in [6.07, 6.45) is 11.6. The Labute approximate surface area is 119 Å². The molecular formula is C17H20O3. The third-order valence-electron chi connectivity index (χ3n) is 4.23. The van der Waals surface area contributed by atoms with Crippen molar-refractivity contribution in [3.63, 3.8) is 0 Å². The van der Waals surface area contributed by atoms with E-state index in [0.717, 1.165) is 42.4 Å². The molecule has 0 radical (unpaired) electrons. The smallest absolute Gasteiger partial charge is 0.339 e. The third kappa shape index (κ3) is 2.16. The lowest BCUT2D eigenvalue weighted by Crippen LogP contribution is -2.27. The Kier molecular flexibility index (Phi) is 3.62. The van der Waals surface area contributed by atoms with E-state index >= 15 is 0 Å². The van der Waals surface area contributed by atoms with E-state index in [1.807, 2.05) is 13.0 Å². The summed E-state index contributed by atoms with van der Waals surface area (Å²) in [6, 6.07) is 0. The second-order valence-corrected chi connectivity index (χ2v) is 5.52. The van der Waals surface area contributed by atoms with Crippen LogP contribution in [0.25, 0.3) is 0 Å². The SMILES string of the molecule is CC[C@@H](O)C1OC(=O)C(=C2\C=CCC2)/C1=C1/C=CCC1. The van der Waals surface area contributed by atoms with E-state index in [-0.39, 0.29) is 5.97 Å². The van der Waals surface area contributed by atoms with Crippen LogP contribution in [0, 0.1) is 0 Å². The molecule has 106 valence electrons. The van der Waals surface area contributed by atoms with E-state index in [2.05, 4.69) is 18.2 Å². The predicted molar refractivity (Wildman–Crippen MR) is 77.0 cm³/mol. The zero-order valence-electron chi connectivity index (χ0n) is 11.8. The van der Waals surface area contributed by atoms with Gasteiger partial charge in [-0.3, -0.25) is 0 Å². The fraction of sp³-hybridized carbons (Fsp3) is 0.471. The summed E-state index contributed by atoms with van der Waals surface area (Å²) in [6.45, 7) is 1.91. The molecule has 3 aliphatic rings. The van der Waals surface area contributed by atoms with E-state index < -0.39 is 12.2 Å². The second-order valence-electron chi connectivity index (χ2n) is 5.52. The first kappa shape index (κ1) is 13.4. The highest BCUT2D eigenvalue weighted by molar-refractivity contribution is 5.99. The summed E-state index contributed by atoms with van der Waals surface area (Å²) in [5.41, 5.74) is 3.84. The van der Waals surface area contributed by atoms with Gasteiger partial charge in [0.05, 0.1) is 11.7 Å². The first-order valence-electron chi connectivity index (χ1n) is 7.41. The van der Waals surface area contributed by atoms with E-state index in [1.165, 1.54) is 0 Å². The van der Waals surface area contributed by atoms with E-state index in [1.54, 1.807) is 0 Å². The van der Waals surface area contributed by atoms with Crippen LogP contribution in [-0.4, -0.2) is 23.3 Å². The van der Waals surface area contributed by atoms with Gasteiger partial charge >= 0.3 is 5.97 Å². The number of carbonyl (C=O) groups is 1. The van der Waals surface area contributed by atoms with Gasteiger partial charge in [0.2, 0.25) is 0 Å². The van der Waals surface area contributed by atoms with Gasteiger partial charge in [-0.1, -0.05) is 31.2 Å². The average molecular weight is 272 g/mol. The maximum absolute atomic E-state index is 12.3. The van der Waals surface area contributed by atoms with Gasteiger partial charge < -0.3 is 9.84 Å². The maximum atomic E-state index is 12.3. The molecule has 0 spiro atoms. The van der Waals surface area contributed by atoms with Crippen molar-refractivity contribution in [1.82, 2.24) is 0 Å². The summed E-state index contributed by atoms with van der Waals surface area (Å²) >= 11 is 0. The Bertz CT molecular complexity index is 549. The Morgan fingerprint density at radius 1 is 1.25 bits per heavy atom. The average Bonchev–Trinajstić information content (AvgIpc) is 3.16. The molecule has 2 aliphatic carbocycles. The molecule has 1 heterocycles. The third-order valence-corrected chi connectivity index (χ3v) is 4.23. The largest absolute Gasteiger partial charge is 0.451 e. The number of ether oxygens (including phenoxy) is 1. The van der Waals surface area contributed by atoms with Crippen molar-refractivity contribution < 1.29 is 14.6 Å². The van der Waals surface area contributed by atoms with Gasteiger partial charge in [0, 0.05) is 5.57 Å². The lowest BCUT2D eigenvalue weighted by molar-refractivity contribution is -0.142.